The first kappa shape index (κ1) is 12.1. The summed E-state index contributed by atoms with van der Waals surface area (Å²) in [5.41, 5.74) is 0.376. The van der Waals surface area contributed by atoms with Crippen molar-refractivity contribution in [2.24, 2.45) is 5.92 Å². The molecule has 0 aromatic heterocycles. The average molecular weight is 247 g/mol. The fraction of sp³-hybridized carbons (Fsp3) is 1.00. The van der Waals surface area contributed by atoms with Crippen molar-refractivity contribution in [3.63, 3.8) is 0 Å². The van der Waals surface area contributed by atoms with Gasteiger partial charge in [0.15, 0.2) is 0 Å². The summed E-state index contributed by atoms with van der Waals surface area (Å²) in [6.45, 7) is 7.72. The summed E-state index contributed by atoms with van der Waals surface area (Å²) in [7, 11) is 1.69. The third kappa shape index (κ3) is 2.33. The largest absolute Gasteiger partial charge is 0.377 e. The van der Waals surface area contributed by atoms with Crippen LogP contribution < -0.4 is 0 Å². The Balaban J connectivity index is 2.00. The van der Waals surface area contributed by atoms with Crippen molar-refractivity contribution in [2.75, 3.05) is 25.5 Å². The van der Waals surface area contributed by atoms with Crippen LogP contribution in [-0.4, -0.2) is 42.0 Å². The number of hydrogen-bond acceptors (Lipinski definition) is 4. The lowest BCUT2D eigenvalue weighted by Crippen LogP contribution is -2.67. The maximum Gasteiger partial charge on any atom is 0.0683 e. The van der Waals surface area contributed by atoms with E-state index in [-0.39, 0.29) is 0 Å². The van der Waals surface area contributed by atoms with Gasteiger partial charge in [0, 0.05) is 11.8 Å². The van der Waals surface area contributed by atoms with Crippen LogP contribution in [-0.2, 0) is 4.74 Å². The van der Waals surface area contributed by atoms with E-state index in [0.29, 0.717) is 11.6 Å². The standard InChI is InChI=1S/C11H21NOS2/c1-9(2)12-4-3-10(6-15-14)5-11(12)7-13-8-11/h9-10,14H,3-8H2,1-2H3. The van der Waals surface area contributed by atoms with Crippen molar-refractivity contribution in [1.82, 2.24) is 4.90 Å². The Labute approximate surface area is 102 Å². The molecular formula is C11H21NOS2. The molecule has 1 spiro atoms. The van der Waals surface area contributed by atoms with E-state index < -0.39 is 0 Å². The smallest absolute Gasteiger partial charge is 0.0683 e. The Kier molecular flexibility index (Phi) is 3.92. The summed E-state index contributed by atoms with van der Waals surface area (Å²) < 4.78 is 5.45. The molecule has 0 bridgehead atoms. The fourth-order valence-electron chi connectivity index (χ4n) is 2.99. The number of nitrogens with zero attached hydrogens (tertiary/aromatic N) is 1. The summed E-state index contributed by atoms with van der Waals surface area (Å²) in [4.78, 5) is 2.65. The lowest BCUT2D eigenvalue weighted by atomic mass is 9.78. The summed E-state index contributed by atoms with van der Waals surface area (Å²) in [5, 5.41) is 0. The molecule has 0 aliphatic carbocycles. The van der Waals surface area contributed by atoms with E-state index in [0.717, 1.165) is 19.1 Å². The van der Waals surface area contributed by atoms with Crippen LogP contribution >= 0.6 is 22.5 Å². The van der Waals surface area contributed by atoms with Crippen molar-refractivity contribution in [2.45, 2.75) is 38.3 Å². The summed E-state index contributed by atoms with van der Waals surface area (Å²) in [6.07, 6.45) is 2.63. The maximum absolute atomic E-state index is 5.45. The predicted octanol–water partition coefficient (Wildman–Crippen LogP) is 2.45. The van der Waals surface area contributed by atoms with Crippen molar-refractivity contribution in [3.05, 3.63) is 0 Å². The molecule has 4 heteroatoms. The summed E-state index contributed by atoms with van der Waals surface area (Å²) >= 11 is 4.27. The van der Waals surface area contributed by atoms with Crippen LogP contribution in [0, 0.1) is 5.92 Å². The molecule has 2 fully saturated rings. The van der Waals surface area contributed by atoms with Crippen molar-refractivity contribution in [1.29, 1.82) is 0 Å². The van der Waals surface area contributed by atoms with Gasteiger partial charge in [-0.05, 0) is 39.2 Å². The van der Waals surface area contributed by atoms with E-state index in [1.54, 1.807) is 10.8 Å². The molecule has 2 aliphatic heterocycles. The quantitative estimate of drug-likeness (QED) is 0.608. The summed E-state index contributed by atoms with van der Waals surface area (Å²) in [6, 6.07) is 0.651. The van der Waals surface area contributed by atoms with Crippen LogP contribution in [0.1, 0.15) is 26.7 Å². The third-order valence-electron chi connectivity index (χ3n) is 3.73. The number of ether oxygens (including phenoxy) is 1. The molecule has 88 valence electrons. The van der Waals surface area contributed by atoms with Crippen LogP contribution in [0.2, 0.25) is 0 Å². The first-order valence-corrected chi connectivity index (χ1v) is 7.82. The highest BCUT2D eigenvalue weighted by atomic mass is 33.1. The molecule has 0 amide bonds. The molecule has 2 heterocycles. The van der Waals surface area contributed by atoms with Crippen molar-refractivity contribution in [3.8, 4) is 0 Å². The van der Waals surface area contributed by atoms with Crippen LogP contribution in [0.15, 0.2) is 0 Å². The molecule has 2 rings (SSSR count). The minimum atomic E-state index is 0.376. The zero-order chi connectivity index (χ0) is 10.9. The van der Waals surface area contributed by atoms with Crippen LogP contribution in [0.5, 0.6) is 0 Å². The lowest BCUT2D eigenvalue weighted by Gasteiger charge is -2.56. The number of thiol groups is 1. The van der Waals surface area contributed by atoms with E-state index in [2.05, 4.69) is 30.4 Å². The molecule has 15 heavy (non-hydrogen) atoms. The topological polar surface area (TPSA) is 12.5 Å². The highest BCUT2D eigenvalue weighted by Gasteiger charge is 2.48. The van der Waals surface area contributed by atoms with E-state index in [1.165, 1.54) is 25.1 Å². The predicted molar refractivity (Wildman–Crippen MR) is 69.6 cm³/mol. The Morgan fingerprint density at radius 2 is 2.27 bits per heavy atom. The fourth-order valence-corrected chi connectivity index (χ4v) is 4.12. The molecule has 1 atom stereocenters. The zero-order valence-electron chi connectivity index (χ0n) is 9.61. The zero-order valence-corrected chi connectivity index (χ0v) is 11.3. The van der Waals surface area contributed by atoms with Gasteiger partial charge in [-0.15, -0.1) is 11.7 Å². The Bertz CT molecular complexity index is 219. The Morgan fingerprint density at radius 3 is 2.73 bits per heavy atom. The van der Waals surface area contributed by atoms with E-state index in [1.807, 2.05) is 0 Å². The number of piperidine rings is 1. The first-order chi connectivity index (χ1) is 7.18. The highest BCUT2D eigenvalue weighted by Crippen LogP contribution is 2.39. The normalized spacial score (nSPS) is 30.8. The van der Waals surface area contributed by atoms with Gasteiger partial charge in [-0.2, -0.15) is 0 Å². The minimum absolute atomic E-state index is 0.376. The highest BCUT2D eigenvalue weighted by molar-refractivity contribution is 8.68. The monoisotopic (exact) mass is 247 g/mol. The van der Waals surface area contributed by atoms with Crippen molar-refractivity contribution >= 4 is 22.5 Å². The minimum Gasteiger partial charge on any atom is -0.377 e. The molecule has 2 aliphatic rings. The van der Waals surface area contributed by atoms with Gasteiger partial charge in [0.1, 0.15) is 0 Å². The van der Waals surface area contributed by atoms with Crippen LogP contribution in [0.3, 0.4) is 0 Å². The lowest BCUT2D eigenvalue weighted by molar-refractivity contribution is -0.173. The van der Waals surface area contributed by atoms with Gasteiger partial charge in [-0.1, -0.05) is 10.8 Å². The van der Waals surface area contributed by atoms with Gasteiger partial charge >= 0.3 is 0 Å². The number of hydrogen-bond donors (Lipinski definition) is 1. The SMILES string of the molecule is CC(C)N1CCC(CSS)CC12COC2. The molecule has 0 radical (unpaired) electrons. The molecule has 2 saturated heterocycles. The molecule has 0 aromatic rings. The first-order valence-electron chi connectivity index (χ1n) is 5.79. The van der Waals surface area contributed by atoms with Gasteiger partial charge in [-0.25, -0.2) is 0 Å². The van der Waals surface area contributed by atoms with Gasteiger partial charge in [-0.3, -0.25) is 4.90 Å². The molecule has 0 N–H and O–H groups in total. The van der Waals surface area contributed by atoms with Gasteiger partial charge in [0.25, 0.3) is 0 Å². The molecule has 1 unspecified atom stereocenters. The van der Waals surface area contributed by atoms with E-state index in [4.69, 9.17) is 4.74 Å². The third-order valence-corrected chi connectivity index (χ3v) is 4.80. The van der Waals surface area contributed by atoms with E-state index >= 15 is 0 Å². The Morgan fingerprint density at radius 1 is 1.53 bits per heavy atom. The van der Waals surface area contributed by atoms with Gasteiger partial charge < -0.3 is 4.74 Å². The van der Waals surface area contributed by atoms with Gasteiger partial charge in [0.2, 0.25) is 0 Å². The maximum atomic E-state index is 5.45. The molecule has 0 saturated carbocycles. The molecular weight excluding hydrogens is 226 g/mol. The molecule has 0 aromatic carbocycles. The van der Waals surface area contributed by atoms with Crippen molar-refractivity contribution < 1.29 is 4.74 Å². The summed E-state index contributed by atoms with van der Waals surface area (Å²) in [5.74, 6) is 2.03. The average Bonchev–Trinajstić information content (AvgIpc) is 2.15. The van der Waals surface area contributed by atoms with Crippen LogP contribution in [0.25, 0.3) is 0 Å². The second-order valence-corrected chi connectivity index (χ2v) is 6.53. The second-order valence-electron chi connectivity index (χ2n) is 5.16. The van der Waals surface area contributed by atoms with E-state index in [9.17, 15) is 0 Å². The second kappa shape index (κ2) is 4.86. The van der Waals surface area contributed by atoms with Gasteiger partial charge in [0.05, 0.1) is 18.8 Å². The van der Waals surface area contributed by atoms with Crippen LogP contribution in [0.4, 0.5) is 0 Å². The Hall–Kier alpha value is 0.620. The number of likely N-dealkylation sites (tertiary alicyclic amines) is 1. The molecule has 2 nitrogen and oxygen atoms in total. The number of rotatable bonds is 3.